The number of nitrogens with two attached hydrogens (primary N) is 1. The molecule has 0 aromatic carbocycles. The SMILES string of the molecule is B/C(Cl)=C(N)\C(Cl)=C/N(I)I. The lowest BCUT2D eigenvalue weighted by Crippen LogP contribution is -2.01. The predicted octanol–water partition coefficient (Wildman–Crippen LogP) is 2.07. The quantitative estimate of drug-likeness (QED) is 0.323. The third-order valence-corrected chi connectivity index (χ3v) is 1.90. The molecular formula is C4H5BCl2I2N2. The first-order valence-electron chi connectivity index (χ1n) is 2.55. The van der Waals surface area contributed by atoms with Gasteiger partial charge in [0.25, 0.3) is 0 Å². The van der Waals surface area contributed by atoms with Gasteiger partial charge in [-0.05, 0) is 4.93 Å². The minimum Gasteiger partial charge on any atom is -0.397 e. The van der Waals surface area contributed by atoms with Gasteiger partial charge in [-0.15, -0.1) is 0 Å². The van der Waals surface area contributed by atoms with Crippen LogP contribution in [0.2, 0.25) is 0 Å². The summed E-state index contributed by atoms with van der Waals surface area (Å²) in [6.45, 7) is 0. The second-order valence-electron chi connectivity index (χ2n) is 1.68. The van der Waals surface area contributed by atoms with Crippen LogP contribution in [0.5, 0.6) is 0 Å². The summed E-state index contributed by atoms with van der Waals surface area (Å²) < 4.78 is 1.74. The number of allylic oxidation sites excluding steroid dienone is 1. The average molecular weight is 417 g/mol. The van der Waals surface area contributed by atoms with E-state index < -0.39 is 0 Å². The molecule has 0 heterocycles. The third-order valence-electron chi connectivity index (χ3n) is 0.839. The molecule has 0 saturated carbocycles. The van der Waals surface area contributed by atoms with Gasteiger partial charge in [0.15, 0.2) is 7.85 Å². The van der Waals surface area contributed by atoms with Crippen LogP contribution in [0, 0.1) is 0 Å². The Labute approximate surface area is 105 Å². The predicted molar refractivity (Wildman–Crippen MR) is 69.4 cm³/mol. The van der Waals surface area contributed by atoms with E-state index in [1.807, 2.05) is 0 Å². The largest absolute Gasteiger partial charge is 0.397 e. The standard InChI is InChI=1S/C4H5BCl2I2N2/c5-4(7)3(10)2(6)1-11(8)9/h1H,5,10H2/b2-1+,4-3-. The molecule has 0 bridgehead atoms. The molecule has 0 aromatic heterocycles. The summed E-state index contributed by atoms with van der Waals surface area (Å²) in [5.74, 6) is 0. The maximum atomic E-state index is 5.76. The smallest absolute Gasteiger partial charge is 0.157 e. The Morgan fingerprint density at radius 2 is 1.91 bits per heavy atom. The highest BCUT2D eigenvalue weighted by Crippen LogP contribution is 2.19. The van der Waals surface area contributed by atoms with E-state index >= 15 is 0 Å². The van der Waals surface area contributed by atoms with E-state index in [-0.39, 0.29) is 0 Å². The number of nitrogens with zero attached hydrogens (tertiary/aromatic N) is 1. The molecular weight excluding hydrogens is 412 g/mol. The normalized spacial score (nSPS) is 14.4. The summed E-state index contributed by atoms with van der Waals surface area (Å²) in [5, 5.41) is 0.446. The Kier molecular flexibility index (Phi) is 6.39. The van der Waals surface area contributed by atoms with Crippen LogP contribution in [0.15, 0.2) is 21.9 Å². The highest BCUT2D eigenvalue weighted by atomic mass is 127. The molecule has 0 spiro atoms. The van der Waals surface area contributed by atoms with Gasteiger partial charge < -0.3 is 5.73 Å². The minimum atomic E-state index is 0.409. The molecule has 0 radical (unpaired) electrons. The zero-order valence-corrected chi connectivity index (χ0v) is 11.4. The first-order chi connectivity index (χ1) is 4.95. The number of halogens is 4. The van der Waals surface area contributed by atoms with Gasteiger partial charge in [0.2, 0.25) is 0 Å². The van der Waals surface area contributed by atoms with E-state index in [9.17, 15) is 0 Å². The van der Waals surface area contributed by atoms with Crippen molar-refractivity contribution in [2.45, 2.75) is 0 Å². The molecule has 0 aliphatic heterocycles. The van der Waals surface area contributed by atoms with Crippen molar-refractivity contribution >= 4 is 76.8 Å². The van der Waals surface area contributed by atoms with Crippen molar-refractivity contribution in [3.05, 3.63) is 21.9 Å². The Morgan fingerprint density at radius 1 is 1.45 bits per heavy atom. The second kappa shape index (κ2) is 5.77. The van der Waals surface area contributed by atoms with E-state index in [1.54, 1.807) is 15.4 Å². The molecule has 0 saturated heterocycles. The van der Waals surface area contributed by atoms with Gasteiger partial charge in [0, 0.05) is 6.20 Å². The molecule has 11 heavy (non-hydrogen) atoms. The average Bonchev–Trinajstić information content (AvgIpc) is 1.84. The summed E-state index contributed by atoms with van der Waals surface area (Å²) in [4.78, 5) is 0.501. The second-order valence-corrected chi connectivity index (χ2v) is 6.58. The van der Waals surface area contributed by atoms with Gasteiger partial charge in [0.1, 0.15) is 0 Å². The van der Waals surface area contributed by atoms with Crippen LogP contribution in [-0.2, 0) is 0 Å². The lowest BCUT2D eigenvalue weighted by atomic mass is 10.1. The molecule has 0 amide bonds. The van der Waals surface area contributed by atoms with Crippen molar-refractivity contribution in [1.29, 1.82) is 0 Å². The number of hydrogen-bond donors (Lipinski definition) is 1. The maximum Gasteiger partial charge on any atom is 0.157 e. The summed E-state index contributed by atoms with van der Waals surface area (Å²) in [6, 6.07) is 0. The van der Waals surface area contributed by atoms with E-state index in [0.29, 0.717) is 15.7 Å². The fourth-order valence-electron chi connectivity index (χ4n) is 0.320. The molecule has 0 atom stereocenters. The fraction of sp³-hybridized carbons (Fsp3) is 0. The van der Waals surface area contributed by atoms with Crippen molar-refractivity contribution in [2.24, 2.45) is 5.73 Å². The van der Waals surface area contributed by atoms with Crippen LogP contribution < -0.4 is 5.73 Å². The van der Waals surface area contributed by atoms with Crippen LogP contribution in [0.25, 0.3) is 0 Å². The summed E-state index contributed by atoms with van der Waals surface area (Å²) in [7, 11) is 1.69. The molecule has 0 unspecified atom stereocenters. The van der Waals surface area contributed by atoms with Gasteiger partial charge in [0.05, 0.1) is 56.5 Å². The molecule has 0 aliphatic rings. The highest BCUT2D eigenvalue weighted by Gasteiger charge is 2.00. The highest BCUT2D eigenvalue weighted by molar-refractivity contribution is 14.2. The lowest BCUT2D eigenvalue weighted by Gasteiger charge is -2.03. The van der Waals surface area contributed by atoms with E-state index in [1.165, 1.54) is 0 Å². The molecule has 2 nitrogen and oxygen atoms in total. The maximum absolute atomic E-state index is 5.76. The Hall–Kier alpha value is 1.18. The third kappa shape index (κ3) is 5.43. The molecule has 0 rings (SSSR count). The van der Waals surface area contributed by atoms with Crippen molar-refractivity contribution in [3.63, 3.8) is 0 Å². The minimum absolute atomic E-state index is 0.409. The van der Waals surface area contributed by atoms with Crippen LogP contribution in [0.3, 0.4) is 0 Å². The first-order valence-corrected chi connectivity index (χ1v) is 5.24. The summed E-state index contributed by atoms with van der Waals surface area (Å²) in [5.41, 5.74) is 5.93. The van der Waals surface area contributed by atoms with Crippen LogP contribution in [-0.4, -0.2) is 9.17 Å². The van der Waals surface area contributed by atoms with Crippen LogP contribution in [0.4, 0.5) is 0 Å². The fourth-order valence-corrected chi connectivity index (χ4v) is 1.60. The van der Waals surface area contributed by atoms with Crippen molar-refractivity contribution in [3.8, 4) is 0 Å². The topological polar surface area (TPSA) is 29.3 Å². The zero-order chi connectivity index (χ0) is 9.02. The molecule has 7 heteroatoms. The van der Waals surface area contributed by atoms with Gasteiger partial charge in [-0.2, -0.15) is 0 Å². The van der Waals surface area contributed by atoms with Crippen LogP contribution >= 0.6 is 68.9 Å². The monoisotopic (exact) mass is 416 g/mol. The van der Waals surface area contributed by atoms with Gasteiger partial charge in [-0.25, -0.2) is 0 Å². The van der Waals surface area contributed by atoms with Crippen LogP contribution in [0.1, 0.15) is 0 Å². The van der Waals surface area contributed by atoms with Crippen molar-refractivity contribution < 1.29 is 0 Å². The number of hydrogen-bond acceptors (Lipinski definition) is 2. The first kappa shape index (κ1) is 12.2. The number of rotatable bonds is 2. The van der Waals surface area contributed by atoms with E-state index in [4.69, 9.17) is 28.9 Å². The summed E-state index contributed by atoms with van der Waals surface area (Å²) >= 11 is 15.5. The molecule has 0 aliphatic carbocycles. The Bertz CT molecular complexity index is 200. The van der Waals surface area contributed by atoms with Crippen molar-refractivity contribution in [1.82, 2.24) is 1.33 Å². The van der Waals surface area contributed by atoms with E-state index in [2.05, 4.69) is 45.7 Å². The van der Waals surface area contributed by atoms with Crippen molar-refractivity contribution in [2.75, 3.05) is 0 Å². The Morgan fingerprint density at radius 3 is 2.18 bits per heavy atom. The molecule has 0 aromatic rings. The zero-order valence-electron chi connectivity index (χ0n) is 5.61. The summed E-state index contributed by atoms with van der Waals surface area (Å²) in [6.07, 6.45) is 1.67. The van der Waals surface area contributed by atoms with Gasteiger partial charge >= 0.3 is 0 Å². The molecule has 2 N–H and O–H groups in total. The lowest BCUT2D eigenvalue weighted by molar-refractivity contribution is 1.17. The van der Waals surface area contributed by atoms with Gasteiger partial charge in [-0.1, -0.05) is 23.2 Å². The Balaban J connectivity index is 4.50. The van der Waals surface area contributed by atoms with E-state index in [0.717, 1.165) is 0 Å². The van der Waals surface area contributed by atoms with Gasteiger partial charge in [-0.3, -0.25) is 1.33 Å². The molecule has 0 fully saturated rings. The molecule has 62 valence electrons.